The zero-order valence-electron chi connectivity index (χ0n) is 21.8. The van der Waals surface area contributed by atoms with E-state index in [1.807, 2.05) is 46.0 Å². The van der Waals surface area contributed by atoms with Gasteiger partial charge in [-0.15, -0.1) is 0 Å². The van der Waals surface area contributed by atoms with Crippen LogP contribution in [0.5, 0.6) is 0 Å². The van der Waals surface area contributed by atoms with E-state index in [1.54, 1.807) is 29.9 Å². The fourth-order valence-corrected chi connectivity index (χ4v) is 4.90. The number of aryl methyl sites for hydroxylation is 1. The highest BCUT2D eigenvalue weighted by molar-refractivity contribution is 6.29. The summed E-state index contributed by atoms with van der Waals surface area (Å²) in [5, 5.41) is 18.0. The van der Waals surface area contributed by atoms with Gasteiger partial charge in [0.05, 0.1) is 42.0 Å². The molecule has 1 aromatic carbocycles. The second kappa shape index (κ2) is 9.87. The second-order valence-electron chi connectivity index (χ2n) is 10.0. The zero-order valence-corrected chi connectivity index (χ0v) is 22.6. The van der Waals surface area contributed by atoms with Crippen molar-refractivity contribution in [3.05, 3.63) is 74.4 Å². The Hall–Kier alpha value is -3.71. The molecule has 1 N–H and O–H groups in total. The van der Waals surface area contributed by atoms with Gasteiger partial charge in [-0.3, -0.25) is 9.48 Å². The summed E-state index contributed by atoms with van der Waals surface area (Å²) >= 11 is 5.96. The number of fused-ring (bicyclic) bond motifs is 1. The molecule has 1 unspecified atom stereocenters. The van der Waals surface area contributed by atoms with Gasteiger partial charge in [0.25, 0.3) is 0 Å². The lowest BCUT2D eigenvalue weighted by atomic mass is 9.99. The SMILES string of the molecule is Cc1cc([C@@H](C)Nc2ccc(Cl)nc2C#N)c2oc(-c3cnn(CC4COC(C)(C)O4)c3)c(C)c(=O)c2c1. The smallest absolute Gasteiger partial charge is 0.196 e. The van der Waals surface area contributed by atoms with Crippen LogP contribution in [0.2, 0.25) is 5.15 Å². The largest absolute Gasteiger partial charge is 0.455 e. The molecule has 9 nitrogen and oxygen atoms in total. The topological polar surface area (TPSA) is 115 Å². The van der Waals surface area contributed by atoms with Crippen molar-refractivity contribution in [2.45, 2.75) is 59.1 Å². The molecule has 196 valence electrons. The Bertz CT molecular complexity index is 1630. The number of halogens is 1. The minimum atomic E-state index is -0.613. The summed E-state index contributed by atoms with van der Waals surface area (Å²) in [5.74, 6) is -0.154. The third kappa shape index (κ3) is 5.03. The van der Waals surface area contributed by atoms with E-state index < -0.39 is 5.79 Å². The number of pyridine rings is 1. The van der Waals surface area contributed by atoms with E-state index >= 15 is 0 Å². The van der Waals surface area contributed by atoms with Crippen LogP contribution < -0.4 is 10.7 Å². The number of nitriles is 1. The number of nitrogens with zero attached hydrogens (tertiary/aromatic N) is 4. The minimum absolute atomic E-state index is 0.105. The van der Waals surface area contributed by atoms with Gasteiger partial charge in [0.15, 0.2) is 16.9 Å². The number of nitrogens with one attached hydrogen (secondary N) is 1. The summed E-state index contributed by atoms with van der Waals surface area (Å²) in [6.45, 7) is 10.4. The van der Waals surface area contributed by atoms with Crippen molar-refractivity contribution in [1.82, 2.24) is 14.8 Å². The average Bonchev–Trinajstić information content (AvgIpc) is 3.47. The number of rotatable bonds is 6. The highest BCUT2D eigenvalue weighted by Crippen LogP contribution is 2.33. The Morgan fingerprint density at radius 2 is 2.11 bits per heavy atom. The summed E-state index contributed by atoms with van der Waals surface area (Å²) in [4.78, 5) is 17.6. The van der Waals surface area contributed by atoms with Crippen LogP contribution >= 0.6 is 11.6 Å². The molecule has 1 aliphatic heterocycles. The van der Waals surface area contributed by atoms with Gasteiger partial charge in [-0.25, -0.2) is 4.98 Å². The van der Waals surface area contributed by atoms with E-state index in [0.29, 0.717) is 46.7 Å². The van der Waals surface area contributed by atoms with Crippen molar-refractivity contribution < 1.29 is 13.9 Å². The molecule has 4 heterocycles. The monoisotopic (exact) mass is 533 g/mol. The summed E-state index contributed by atoms with van der Waals surface area (Å²) in [6, 6.07) is 8.89. The molecule has 1 fully saturated rings. The number of aromatic nitrogens is 3. The normalized spacial score (nSPS) is 17.4. The second-order valence-corrected chi connectivity index (χ2v) is 10.4. The van der Waals surface area contributed by atoms with Gasteiger partial charge in [0, 0.05) is 17.3 Å². The Morgan fingerprint density at radius 1 is 1.32 bits per heavy atom. The zero-order chi connectivity index (χ0) is 27.2. The molecule has 0 bridgehead atoms. The van der Waals surface area contributed by atoms with Crippen LogP contribution in [-0.2, 0) is 16.0 Å². The van der Waals surface area contributed by atoms with E-state index in [4.69, 9.17) is 25.5 Å². The van der Waals surface area contributed by atoms with Crippen LogP contribution in [0.4, 0.5) is 5.69 Å². The number of ether oxygens (including phenoxy) is 2. The quantitative estimate of drug-likeness (QED) is 0.322. The van der Waals surface area contributed by atoms with Gasteiger partial charge >= 0.3 is 0 Å². The first-order valence-electron chi connectivity index (χ1n) is 12.3. The molecule has 2 atom stereocenters. The van der Waals surface area contributed by atoms with E-state index in [1.165, 1.54) is 0 Å². The summed E-state index contributed by atoms with van der Waals surface area (Å²) in [7, 11) is 0. The summed E-state index contributed by atoms with van der Waals surface area (Å²) in [5.41, 5.74) is 4.00. The van der Waals surface area contributed by atoms with Crippen molar-refractivity contribution in [3.63, 3.8) is 0 Å². The van der Waals surface area contributed by atoms with Crippen LogP contribution in [0.25, 0.3) is 22.3 Å². The first kappa shape index (κ1) is 25.9. The molecule has 0 aliphatic carbocycles. The molecule has 0 spiro atoms. The maximum Gasteiger partial charge on any atom is 0.196 e. The molecule has 10 heteroatoms. The van der Waals surface area contributed by atoms with Crippen LogP contribution in [-0.4, -0.2) is 33.3 Å². The third-order valence-corrected chi connectivity index (χ3v) is 6.76. The predicted octanol–water partition coefficient (Wildman–Crippen LogP) is 5.52. The molecule has 0 saturated carbocycles. The van der Waals surface area contributed by atoms with Gasteiger partial charge in [-0.1, -0.05) is 17.7 Å². The maximum atomic E-state index is 13.5. The average molecular weight is 534 g/mol. The lowest BCUT2D eigenvalue weighted by molar-refractivity contribution is -0.139. The molecule has 0 radical (unpaired) electrons. The van der Waals surface area contributed by atoms with E-state index in [0.717, 1.165) is 11.1 Å². The van der Waals surface area contributed by atoms with Crippen LogP contribution in [0.15, 0.2) is 45.9 Å². The molecular weight excluding hydrogens is 506 g/mol. The first-order chi connectivity index (χ1) is 18.0. The first-order valence-corrected chi connectivity index (χ1v) is 12.7. The van der Waals surface area contributed by atoms with Crippen molar-refractivity contribution >= 4 is 28.3 Å². The van der Waals surface area contributed by atoms with Crippen LogP contribution in [0.3, 0.4) is 0 Å². The molecule has 4 aromatic rings. The van der Waals surface area contributed by atoms with Crippen LogP contribution in [0, 0.1) is 25.2 Å². The molecule has 1 aliphatic rings. The predicted molar refractivity (Wildman–Crippen MR) is 144 cm³/mol. The minimum Gasteiger partial charge on any atom is -0.455 e. The number of anilines is 1. The molecule has 5 rings (SSSR count). The van der Waals surface area contributed by atoms with Gasteiger partial charge in [-0.2, -0.15) is 10.4 Å². The summed E-state index contributed by atoms with van der Waals surface area (Å²) in [6.07, 6.45) is 3.41. The van der Waals surface area contributed by atoms with Gasteiger partial charge in [0.1, 0.15) is 28.7 Å². The van der Waals surface area contributed by atoms with Gasteiger partial charge < -0.3 is 19.2 Å². The third-order valence-electron chi connectivity index (χ3n) is 6.55. The Balaban J connectivity index is 1.53. The van der Waals surface area contributed by atoms with Crippen molar-refractivity contribution in [2.24, 2.45) is 0 Å². The summed E-state index contributed by atoms with van der Waals surface area (Å²) < 4.78 is 19.8. The Kier molecular flexibility index (Phi) is 6.73. The molecular formula is C28H28ClN5O4. The van der Waals surface area contributed by atoms with Crippen LogP contribution in [0.1, 0.15) is 49.2 Å². The molecule has 38 heavy (non-hydrogen) atoms. The highest BCUT2D eigenvalue weighted by atomic mass is 35.5. The van der Waals surface area contributed by atoms with Crippen molar-refractivity contribution in [1.29, 1.82) is 5.26 Å². The van der Waals surface area contributed by atoms with Crippen molar-refractivity contribution in [2.75, 3.05) is 11.9 Å². The number of benzene rings is 1. The fourth-order valence-electron chi connectivity index (χ4n) is 4.75. The molecule has 3 aromatic heterocycles. The Morgan fingerprint density at radius 3 is 2.82 bits per heavy atom. The molecule has 0 amide bonds. The number of hydrogen-bond acceptors (Lipinski definition) is 8. The Labute approximate surface area is 225 Å². The van der Waals surface area contributed by atoms with E-state index in [2.05, 4.69) is 21.5 Å². The van der Waals surface area contributed by atoms with E-state index in [-0.39, 0.29) is 28.4 Å². The standard InChI is InChI=1S/C28H28ClN5O4/c1-15-8-20(17(3)32-22-6-7-24(29)33-23(22)10-30)27-21(9-15)25(35)16(2)26(37-27)18-11-31-34(12-18)13-19-14-36-28(4,5)38-19/h6-9,11-12,17,19,32H,13-14H2,1-5H3/t17-,19?/m1/s1. The van der Waals surface area contributed by atoms with Gasteiger partial charge in [-0.05, 0) is 58.4 Å². The maximum absolute atomic E-state index is 13.5. The highest BCUT2D eigenvalue weighted by Gasteiger charge is 2.33. The molecule has 1 saturated heterocycles. The fraction of sp³-hybridized carbons (Fsp3) is 0.357. The number of hydrogen-bond donors (Lipinski definition) is 1. The lowest BCUT2D eigenvalue weighted by Gasteiger charge is -2.19. The van der Waals surface area contributed by atoms with E-state index in [9.17, 15) is 10.1 Å². The lowest BCUT2D eigenvalue weighted by Crippen LogP contribution is -2.24. The van der Waals surface area contributed by atoms with Crippen molar-refractivity contribution in [3.8, 4) is 17.4 Å². The van der Waals surface area contributed by atoms with Gasteiger partial charge in [0.2, 0.25) is 0 Å².